The maximum atomic E-state index is 12.5. The highest BCUT2D eigenvalue weighted by molar-refractivity contribution is 6.42. The van der Waals surface area contributed by atoms with Crippen LogP contribution in [-0.2, 0) is 0 Å². The van der Waals surface area contributed by atoms with Gasteiger partial charge in [0.25, 0.3) is 5.91 Å². The first-order valence-electron chi connectivity index (χ1n) is 8.85. The largest absolute Gasteiger partial charge is 0.490 e. The molecular weight excluding hydrogens is 403 g/mol. The van der Waals surface area contributed by atoms with Crippen LogP contribution in [0, 0.1) is 0 Å². The third kappa shape index (κ3) is 5.78. The van der Waals surface area contributed by atoms with Gasteiger partial charge in [-0.05, 0) is 50.6 Å². The zero-order valence-corrected chi connectivity index (χ0v) is 17.4. The average molecular weight is 425 g/mol. The molecule has 0 aliphatic heterocycles. The molecule has 0 aliphatic rings. The molecule has 28 heavy (non-hydrogen) atoms. The number of carbonyl (C=O) groups is 1. The molecule has 0 aliphatic carbocycles. The van der Waals surface area contributed by atoms with Crippen molar-refractivity contribution in [1.82, 2.24) is 5.43 Å². The molecule has 150 valence electrons. The highest BCUT2D eigenvalue weighted by Gasteiger charge is 2.18. The van der Waals surface area contributed by atoms with Crippen LogP contribution < -0.4 is 19.6 Å². The second kappa shape index (κ2) is 10.8. The molecule has 8 heteroatoms. The molecule has 1 amide bonds. The standard InChI is InChI=1S/C20H22Cl2N2O4/c1-4-26-17-10-14(11-18(27-5-2)19(17)28-6-3)20(25)24-23-12-13-7-8-15(21)16(22)9-13/h7-12H,4-6H2,1-3H3,(H,24,25). The van der Waals surface area contributed by atoms with E-state index in [4.69, 9.17) is 37.4 Å². The van der Waals surface area contributed by atoms with Crippen molar-refractivity contribution in [3.05, 3.63) is 51.5 Å². The van der Waals surface area contributed by atoms with Crippen molar-refractivity contribution in [2.24, 2.45) is 5.10 Å². The fourth-order valence-electron chi connectivity index (χ4n) is 2.34. The molecule has 0 spiro atoms. The molecule has 0 bridgehead atoms. The van der Waals surface area contributed by atoms with Crippen molar-refractivity contribution in [3.8, 4) is 17.2 Å². The quantitative estimate of drug-likeness (QED) is 0.456. The lowest BCUT2D eigenvalue weighted by molar-refractivity contribution is 0.0954. The van der Waals surface area contributed by atoms with Crippen molar-refractivity contribution in [2.45, 2.75) is 20.8 Å². The number of hydrogen-bond acceptors (Lipinski definition) is 5. The van der Waals surface area contributed by atoms with Gasteiger partial charge in [0.05, 0.1) is 36.1 Å². The lowest BCUT2D eigenvalue weighted by Gasteiger charge is -2.16. The second-order valence-electron chi connectivity index (χ2n) is 5.47. The number of benzene rings is 2. The molecule has 0 unspecified atom stereocenters. The van der Waals surface area contributed by atoms with Gasteiger partial charge in [-0.1, -0.05) is 29.3 Å². The first-order valence-corrected chi connectivity index (χ1v) is 9.60. The van der Waals surface area contributed by atoms with Gasteiger partial charge in [-0.15, -0.1) is 0 Å². The predicted molar refractivity (Wildman–Crippen MR) is 111 cm³/mol. The van der Waals surface area contributed by atoms with Crippen LogP contribution in [0.5, 0.6) is 17.2 Å². The third-order valence-corrected chi connectivity index (χ3v) is 4.23. The van der Waals surface area contributed by atoms with E-state index in [2.05, 4.69) is 10.5 Å². The molecule has 2 rings (SSSR count). The summed E-state index contributed by atoms with van der Waals surface area (Å²) in [6.07, 6.45) is 1.47. The molecule has 2 aromatic rings. The van der Waals surface area contributed by atoms with Gasteiger partial charge in [-0.2, -0.15) is 5.10 Å². The Bertz CT molecular complexity index is 829. The molecule has 6 nitrogen and oxygen atoms in total. The molecule has 0 fully saturated rings. The van der Waals surface area contributed by atoms with Crippen molar-refractivity contribution in [1.29, 1.82) is 0 Å². The van der Waals surface area contributed by atoms with Crippen LogP contribution in [-0.4, -0.2) is 31.9 Å². The molecule has 1 N–H and O–H groups in total. The van der Waals surface area contributed by atoms with Crippen molar-refractivity contribution >= 4 is 35.3 Å². The summed E-state index contributed by atoms with van der Waals surface area (Å²) < 4.78 is 16.9. The monoisotopic (exact) mass is 424 g/mol. The summed E-state index contributed by atoms with van der Waals surface area (Å²) in [4.78, 5) is 12.5. The topological polar surface area (TPSA) is 69.2 Å². The minimum absolute atomic E-state index is 0.335. The summed E-state index contributed by atoms with van der Waals surface area (Å²) in [5.74, 6) is 0.936. The van der Waals surface area contributed by atoms with E-state index in [1.165, 1.54) is 6.21 Å². The summed E-state index contributed by atoms with van der Waals surface area (Å²) in [7, 11) is 0. The maximum Gasteiger partial charge on any atom is 0.271 e. The van der Waals surface area contributed by atoms with Gasteiger partial charge >= 0.3 is 0 Å². The van der Waals surface area contributed by atoms with Crippen LogP contribution in [0.1, 0.15) is 36.7 Å². The minimum Gasteiger partial charge on any atom is -0.490 e. The molecule has 0 saturated heterocycles. The first-order chi connectivity index (χ1) is 13.5. The summed E-state index contributed by atoms with van der Waals surface area (Å²) in [6, 6.07) is 8.24. The Morgan fingerprint density at radius 1 is 0.964 bits per heavy atom. The molecule has 0 radical (unpaired) electrons. The van der Waals surface area contributed by atoms with Crippen LogP contribution in [0.25, 0.3) is 0 Å². The van der Waals surface area contributed by atoms with Crippen molar-refractivity contribution in [3.63, 3.8) is 0 Å². The lowest BCUT2D eigenvalue weighted by atomic mass is 10.1. The number of hydrazone groups is 1. The lowest BCUT2D eigenvalue weighted by Crippen LogP contribution is -2.18. The summed E-state index contributed by atoms with van der Waals surface area (Å²) in [5.41, 5.74) is 3.51. The summed E-state index contributed by atoms with van der Waals surface area (Å²) >= 11 is 11.8. The minimum atomic E-state index is -0.415. The number of nitrogens with one attached hydrogen (secondary N) is 1. The molecular formula is C20H22Cl2N2O4. The van der Waals surface area contributed by atoms with Gasteiger partial charge < -0.3 is 14.2 Å². The number of ether oxygens (including phenoxy) is 3. The fraction of sp³-hybridized carbons (Fsp3) is 0.300. The van der Waals surface area contributed by atoms with E-state index in [0.29, 0.717) is 58.2 Å². The van der Waals surface area contributed by atoms with Gasteiger partial charge in [0.1, 0.15) is 0 Å². The second-order valence-corrected chi connectivity index (χ2v) is 6.29. The molecule has 2 aromatic carbocycles. The van der Waals surface area contributed by atoms with E-state index in [9.17, 15) is 4.79 Å². The zero-order valence-electron chi connectivity index (χ0n) is 15.9. The van der Waals surface area contributed by atoms with Crippen LogP contribution >= 0.6 is 23.2 Å². The Labute approximate surface area is 174 Å². The van der Waals surface area contributed by atoms with Crippen LogP contribution in [0.2, 0.25) is 10.0 Å². The number of nitrogens with zero attached hydrogens (tertiary/aromatic N) is 1. The van der Waals surface area contributed by atoms with Crippen molar-refractivity contribution < 1.29 is 19.0 Å². The third-order valence-electron chi connectivity index (χ3n) is 3.49. The van der Waals surface area contributed by atoms with Gasteiger partial charge in [0, 0.05) is 5.56 Å². The summed E-state index contributed by atoms with van der Waals surface area (Å²) in [5, 5.41) is 4.82. The van der Waals surface area contributed by atoms with E-state index >= 15 is 0 Å². The Morgan fingerprint density at radius 3 is 2.11 bits per heavy atom. The van der Waals surface area contributed by atoms with Crippen LogP contribution in [0.15, 0.2) is 35.4 Å². The molecule has 0 heterocycles. The average Bonchev–Trinajstić information content (AvgIpc) is 2.67. The van der Waals surface area contributed by atoms with Crippen LogP contribution in [0.3, 0.4) is 0 Å². The highest BCUT2D eigenvalue weighted by atomic mass is 35.5. The van der Waals surface area contributed by atoms with Gasteiger partial charge in [-0.25, -0.2) is 5.43 Å². The molecule has 0 atom stereocenters. The number of amides is 1. The van der Waals surface area contributed by atoms with E-state index in [1.807, 2.05) is 20.8 Å². The highest BCUT2D eigenvalue weighted by Crippen LogP contribution is 2.39. The number of halogens is 2. The van der Waals surface area contributed by atoms with E-state index in [1.54, 1.807) is 30.3 Å². The molecule has 0 saturated carbocycles. The Hall–Kier alpha value is -2.44. The Morgan fingerprint density at radius 2 is 1.57 bits per heavy atom. The number of carbonyl (C=O) groups excluding carboxylic acids is 1. The smallest absolute Gasteiger partial charge is 0.271 e. The normalized spacial score (nSPS) is 10.8. The van der Waals surface area contributed by atoms with Gasteiger partial charge in [0.2, 0.25) is 5.75 Å². The number of rotatable bonds is 9. The Kier molecular flexibility index (Phi) is 8.42. The van der Waals surface area contributed by atoms with E-state index < -0.39 is 5.91 Å². The van der Waals surface area contributed by atoms with E-state index in [-0.39, 0.29) is 0 Å². The van der Waals surface area contributed by atoms with Gasteiger partial charge in [-0.3, -0.25) is 4.79 Å². The van der Waals surface area contributed by atoms with E-state index in [0.717, 1.165) is 0 Å². The number of hydrogen-bond donors (Lipinski definition) is 1. The Balaban J connectivity index is 2.23. The van der Waals surface area contributed by atoms with Crippen molar-refractivity contribution in [2.75, 3.05) is 19.8 Å². The zero-order chi connectivity index (χ0) is 20.5. The first kappa shape index (κ1) is 21.9. The van der Waals surface area contributed by atoms with Crippen LogP contribution in [0.4, 0.5) is 0 Å². The predicted octanol–water partition coefficient (Wildman–Crippen LogP) is 4.95. The SMILES string of the molecule is CCOc1cc(C(=O)NN=Cc2ccc(Cl)c(Cl)c2)cc(OCC)c1OCC. The summed E-state index contributed by atoms with van der Waals surface area (Å²) in [6.45, 7) is 6.86. The fourth-order valence-corrected chi connectivity index (χ4v) is 2.65. The van der Waals surface area contributed by atoms with Gasteiger partial charge in [0.15, 0.2) is 11.5 Å². The maximum absolute atomic E-state index is 12.5. The molecule has 0 aromatic heterocycles.